The number of hydrogen-bond donors (Lipinski definition) is 1. The number of ether oxygens (including phenoxy) is 2. The molecule has 0 spiro atoms. The van der Waals surface area contributed by atoms with Crippen molar-refractivity contribution in [1.82, 2.24) is 4.40 Å². The second-order valence-corrected chi connectivity index (χ2v) is 11.5. The Bertz CT molecular complexity index is 1360. The second-order valence-electron chi connectivity index (χ2n) is 11.5. The Hall–Kier alpha value is -3.80. The zero-order valence-electron chi connectivity index (χ0n) is 26.2. The molecule has 0 saturated carbocycles. The van der Waals surface area contributed by atoms with Crippen molar-refractivity contribution < 1.29 is 18.8 Å². The number of fused-ring (bicyclic) bond motifs is 1. The quantitative estimate of drug-likeness (QED) is 0.0836. The maximum Gasteiger partial charge on any atom is 0.249 e. The minimum absolute atomic E-state index is 0.0696. The fourth-order valence-corrected chi connectivity index (χ4v) is 5.54. The molecule has 43 heavy (non-hydrogen) atoms. The van der Waals surface area contributed by atoms with E-state index >= 15 is 0 Å². The largest absolute Gasteiger partial charge is 0.497 e. The lowest BCUT2D eigenvalue weighted by molar-refractivity contribution is -0.686. The molecule has 6 heteroatoms. The maximum absolute atomic E-state index is 13.2. The first-order valence-electron chi connectivity index (χ1n) is 16.3. The number of amides is 1. The lowest BCUT2D eigenvalue weighted by Gasteiger charge is -2.14. The van der Waals surface area contributed by atoms with Gasteiger partial charge < -0.3 is 14.8 Å². The summed E-state index contributed by atoms with van der Waals surface area (Å²) in [5.41, 5.74) is 3.86. The molecule has 2 aromatic heterocycles. The molecule has 1 amide bonds. The highest BCUT2D eigenvalue weighted by molar-refractivity contribution is 5.93. The van der Waals surface area contributed by atoms with Crippen molar-refractivity contribution in [3.63, 3.8) is 0 Å². The molecule has 4 aromatic rings. The minimum atomic E-state index is -0.0696. The van der Waals surface area contributed by atoms with E-state index in [4.69, 9.17) is 9.47 Å². The van der Waals surface area contributed by atoms with Gasteiger partial charge in [-0.1, -0.05) is 108 Å². The van der Waals surface area contributed by atoms with Gasteiger partial charge in [0.2, 0.25) is 12.2 Å². The van der Waals surface area contributed by atoms with Gasteiger partial charge in [0.15, 0.2) is 5.52 Å². The molecule has 2 heterocycles. The molecule has 0 aliphatic heterocycles. The van der Waals surface area contributed by atoms with Crippen molar-refractivity contribution in [1.29, 1.82) is 0 Å². The molecular formula is C37H50N3O3+. The number of aromatic nitrogens is 2. The Kier molecular flexibility index (Phi) is 13.4. The van der Waals surface area contributed by atoms with E-state index in [1.807, 2.05) is 54.7 Å². The molecule has 0 aliphatic carbocycles. The normalized spacial score (nSPS) is 11.1. The van der Waals surface area contributed by atoms with Crippen LogP contribution in [0, 0.1) is 0 Å². The number of nitrogens with one attached hydrogen (secondary N) is 1. The van der Waals surface area contributed by atoms with Crippen LogP contribution in [0.3, 0.4) is 0 Å². The summed E-state index contributed by atoms with van der Waals surface area (Å²) >= 11 is 0. The number of anilines is 1. The second kappa shape index (κ2) is 18.0. The first-order chi connectivity index (χ1) is 21.2. The van der Waals surface area contributed by atoms with Gasteiger partial charge in [0, 0.05) is 22.9 Å². The topological polar surface area (TPSA) is 55.9 Å². The Labute approximate surface area is 258 Å². The molecule has 0 fully saturated rings. The minimum Gasteiger partial charge on any atom is -0.497 e. The van der Waals surface area contributed by atoms with Gasteiger partial charge >= 0.3 is 0 Å². The molecular weight excluding hydrogens is 534 g/mol. The van der Waals surface area contributed by atoms with Crippen LogP contribution in [0.5, 0.6) is 11.5 Å². The van der Waals surface area contributed by atoms with Gasteiger partial charge in [0.05, 0.1) is 26.3 Å². The fourth-order valence-electron chi connectivity index (χ4n) is 5.54. The van der Waals surface area contributed by atoms with Crippen molar-refractivity contribution in [2.75, 3.05) is 19.0 Å². The summed E-state index contributed by atoms with van der Waals surface area (Å²) in [6, 6.07) is 19.8. The number of carbonyl (C=O) groups is 1. The predicted octanol–water partition coefficient (Wildman–Crippen LogP) is 8.54. The maximum atomic E-state index is 13.2. The first kappa shape index (κ1) is 32.1. The third-order valence-corrected chi connectivity index (χ3v) is 8.02. The number of para-hydroxylation sites is 1. The van der Waals surface area contributed by atoms with E-state index in [-0.39, 0.29) is 12.3 Å². The Morgan fingerprint density at radius 2 is 1.51 bits per heavy atom. The summed E-state index contributed by atoms with van der Waals surface area (Å²) in [5, 5.41) is 3.14. The lowest BCUT2D eigenvalue weighted by atomic mass is 10.1. The molecule has 0 saturated heterocycles. The van der Waals surface area contributed by atoms with Crippen LogP contribution in [0.1, 0.15) is 95.1 Å². The average molecular weight is 585 g/mol. The average Bonchev–Trinajstić information content (AvgIpc) is 3.43. The molecule has 1 N–H and O–H groups in total. The summed E-state index contributed by atoms with van der Waals surface area (Å²) in [6.45, 7) is 3.58. The van der Waals surface area contributed by atoms with E-state index in [0.717, 1.165) is 40.3 Å². The Morgan fingerprint density at radius 1 is 0.814 bits per heavy atom. The number of rotatable bonds is 20. The van der Waals surface area contributed by atoms with Crippen LogP contribution in [0.4, 0.5) is 5.69 Å². The highest BCUT2D eigenvalue weighted by atomic mass is 16.5. The molecule has 2 aromatic carbocycles. The molecule has 0 aliphatic rings. The van der Waals surface area contributed by atoms with E-state index in [0.29, 0.717) is 13.2 Å². The van der Waals surface area contributed by atoms with Crippen molar-refractivity contribution in [2.45, 2.75) is 96.9 Å². The number of carbonyl (C=O) groups excluding carboxylic acids is 1. The van der Waals surface area contributed by atoms with Gasteiger partial charge in [-0.25, -0.2) is 8.97 Å². The molecule has 6 nitrogen and oxygen atoms in total. The number of unbranched alkanes of at least 4 members (excludes halogenated alkanes) is 11. The van der Waals surface area contributed by atoms with Crippen LogP contribution >= 0.6 is 0 Å². The van der Waals surface area contributed by atoms with Crippen molar-refractivity contribution in [2.24, 2.45) is 0 Å². The molecule has 4 rings (SSSR count). The Morgan fingerprint density at radius 3 is 2.23 bits per heavy atom. The van der Waals surface area contributed by atoms with Crippen LogP contribution in [-0.2, 0) is 17.8 Å². The van der Waals surface area contributed by atoms with Crippen LogP contribution in [0.25, 0.3) is 5.52 Å². The number of benzene rings is 2. The monoisotopic (exact) mass is 584 g/mol. The molecule has 230 valence electrons. The Balaban J connectivity index is 1.23. The van der Waals surface area contributed by atoms with Crippen molar-refractivity contribution in [3.8, 4) is 11.5 Å². The summed E-state index contributed by atoms with van der Waals surface area (Å²) in [7, 11) is 1.65. The smallest absolute Gasteiger partial charge is 0.249 e. The molecule has 0 atom stereocenters. The fraction of sp³-hybridized carbons (Fsp3) is 0.459. The standard InChI is InChI=1S/C37H49N3O3/c1-3-4-5-6-7-8-9-10-11-12-13-18-25-43-36-27-34(42-2)23-22-31(36)26-37(41)38-35-21-15-14-19-32(35)28-39-29-33-20-16-17-24-40(33)30-39/h14-17,19-24,27,29-30H,3-13,18,25-26,28H2,1-2H3/p+1. The number of hydrogen-bond acceptors (Lipinski definition) is 3. The van der Waals surface area contributed by atoms with Gasteiger partial charge in [-0.05, 0) is 30.7 Å². The van der Waals surface area contributed by atoms with Gasteiger partial charge in [-0.3, -0.25) is 4.79 Å². The van der Waals surface area contributed by atoms with E-state index in [2.05, 4.69) is 45.9 Å². The molecule has 0 unspecified atom stereocenters. The zero-order chi connectivity index (χ0) is 30.1. The zero-order valence-corrected chi connectivity index (χ0v) is 26.2. The predicted molar refractivity (Wildman–Crippen MR) is 175 cm³/mol. The number of nitrogens with zero attached hydrogens (tertiary/aromatic N) is 2. The summed E-state index contributed by atoms with van der Waals surface area (Å²) in [6.07, 6.45) is 22.2. The number of imidazole rings is 1. The highest BCUT2D eigenvalue weighted by Crippen LogP contribution is 2.26. The summed E-state index contributed by atoms with van der Waals surface area (Å²) in [4.78, 5) is 13.2. The van der Waals surface area contributed by atoms with Crippen LogP contribution in [0.15, 0.2) is 79.4 Å². The SMILES string of the molecule is CCCCCCCCCCCCCCOc1cc(OC)ccc1CC(=O)Nc1ccccc1C[n+]1cc2ccccn2c1. The van der Waals surface area contributed by atoms with Gasteiger partial charge in [-0.15, -0.1) is 0 Å². The van der Waals surface area contributed by atoms with E-state index in [9.17, 15) is 4.79 Å². The van der Waals surface area contributed by atoms with Crippen molar-refractivity contribution >= 4 is 17.1 Å². The summed E-state index contributed by atoms with van der Waals surface area (Å²) < 4.78 is 15.8. The third-order valence-electron chi connectivity index (χ3n) is 8.02. The van der Waals surface area contributed by atoms with Crippen LogP contribution < -0.4 is 19.4 Å². The van der Waals surface area contributed by atoms with Crippen LogP contribution in [0.2, 0.25) is 0 Å². The number of pyridine rings is 1. The van der Waals surface area contributed by atoms with E-state index in [1.54, 1.807) is 7.11 Å². The van der Waals surface area contributed by atoms with E-state index in [1.165, 1.54) is 70.6 Å². The van der Waals surface area contributed by atoms with Gasteiger partial charge in [-0.2, -0.15) is 0 Å². The highest BCUT2D eigenvalue weighted by Gasteiger charge is 2.14. The van der Waals surface area contributed by atoms with E-state index < -0.39 is 0 Å². The molecule has 0 bridgehead atoms. The van der Waals surface area contributed by atoms with Crippen LogP contribution in [-0.4, -0.2) is 24.0 Å². The lowest BCUT2D eigenvalue weighted by Crippen LogP contribution is -2.32. The van der Waals surface area contributed by atoms with Gasteiger partial charge in [0.25, 0.3) is 0 Å². The van der Waals surface area contributed by atoms with Crippen molar-refractivity contribution in [3.05, 3.63) is 90.5 Å². The van der Waals surface area contributed by atoms with Gasteiger partial charge in [0.1, 0.15) is 24.2 Å². The third kappa shape index (κ3) is 10.8. The summed E-state index contributed by atoms with van der Waals surface area (Å²) in [5.74, 6) is 1.39. The first-order valence-corrected chi connectivity index (χ1v) is 16.3. The molecule has 0 radical (unpaired) electrons. The number of methoxy groups -OCH3 is 1.